The third-order valence-electron chi connectivity index (χ3n) is 6.09. The number of amides is 1. The van der Waals surface area contributed by atoms with Crippen molar-refractivity contribution in [3.8, 4) is 0 Å². The maximum Gasteiger partial charge on any atom is 0.250 e. The van der Waals surface area contributed by atoms with E-state index in [0.29, 0.717) is 33.3 Å². The summed E-state index contributed by atoms with van der Waals surface area (Å²) in [6.07, 6.45) is 3.45. The van der Waals surface area contributed by atoms with Gasteiger partial charge in [0.1, 0.15) is 5.54 Å². The number of hydrogen-bond acceptors (Lipinski definition) is 5. The topological polar surface area (TPSA) is 113 Å². The highest BCUT2D eigenvalue weighted by atomic mass is 35.5. The van der Waals surface area contributed by atoms with E-state index >= 15 is 0 Å². The number of carbonyl (C=O) groups is 1. The molecule has 5 rings (SSSR count). The molecule has 1 saturated heterocycles. The molecule has 2 aliphatic rings. The first-order chi connectivity index (χ1) is 14.9. The molecule has 1 aromatic heterocycles. The summed E-state index contributed by atoms with van der Waals surface area (Å²) in [7, 11) is 0. The molecule has 0 radical (unpaired) electrons. The van der Waals surface area contributed by atoms with Gasteiger partial charge in [-0.2, -0.15) is 0 Å². The molecule has 0 aliphatic carbocycles. The van der Waals surface area contributed by atoms with Gasteiger partial charge in [0, 0.05) is 44.5 Å². The zero-order valence-corrected chi connectivity index (χ0v) is 17.5. The highest BCUT2D eigenvalue weighted by Gasteiger charge is 2.66. The Labute approximate surface area is 187 Å². The van der Waals surface area contributed by atoms with Crippen molar-refractivity contribution in [1.82, 2.24) is 15.3 Å². The maximum absolute atomic E-state index is 13.5. The number of hydrogen-bond donors (Lipinski definition) is 3. The number of benzene rings is 2. The van der Waals surface area contributed by atoms with Crippen LogP contribution in [0.4, 0.5) is 5.69 Å². The van der Waals surface area contributed by atoms with Crippen molar-refractivity contribution in [1.29, 1.82) is 0 Å². The molecule has 10 heteroatoms. The van der Waals surface area contributed by atoms with E-state index in [2.05, 4.69) is 20.6 Å². The van der Waals surface area contributed by atoms with Crippen LogP contribution in [0.3, 0.4) is 0 Å². The summed E-state index contributed by atoms with van der Waals surface area (Å²) in [5.74, 6) is -1.15. The number of nitro groups is 1. The van der Waals surface area contributed by atoms with Crippen LogP contribution in [0.15, 0.2) is 55.0 Å². The molecule has 3 aromatic rings. The summed E-state index contributed by atoms with van der Waals surface area (Å²) in [6, 6.07) is 10.3. The highest BCUT2D eigenvalue weighted by Crippen LogP contribution is 2.53. The Hall–Kier alpha value is -2.94. The Balaban J connectivity index is 1.72. The first-order valence-corrected chi connectivity index (χ1v) is 10.4. The van der Waals surface area contributed by atoms with Crippen LogP contribution < -0.4 is 10.6 Å². The van der Waals surface area contributed by atoms with Crippen molar-refractivity contribution in [3.05, 3.63) is 92.0 Å². The van der Waals surface area contributed by atoms with E-state index in [-0.39, 0.29) is 10.8 Å². The molecule has 158 valence electrons. The summed E-state index contributed by atoms with van der Waals surface area (Å²) < 4.78 is 0. The minimum Gasteiger partial charge on any atom is -0.348 e. The predicted octanol–water partition coefficient (Wildman–Crippen LogP) is 3.51. The van der Waals surface area contributed by atoms with Gasteiger partial charge in [-0.15, -0.1) is 0 Å². The Kier molecular flexibility index (Phi) is 4.73. The maximum atomic E-state index is 13.5. The van der Waals surface area contributed by atoms with Gasteiger partial charge in [-0.3, -0.25) is 20.2 Å². The third-order valence-corrected chi connectivity index (χ3v) is 6.56. The zero-order valence-electron chi connectivity index (χ0n) is 16.0. The number of aromatic nitrogens is 2. The van der Waals surface area contributed by atoms with Crippen LogP contribution in [0.25, 0.3) is 0 Å². The van der Waals surface area contributed by atoms with Gasteiger partial charge in [0.05, 0.1) is 18.3 Å². The second-order valence-electron chi connectivity index (χ2n) is 7.79. The molecule has 31 heavy (non-hydrogen) atoms. The van der Waals surface area contributed by atoms with Crippen molar-refractivity contribution in [2.45, 2.75) is 30.0 Å². The molecule has 2 aliphatic heterocycles. The number of halogens is 2. The van der Waals surface area contributed by atoms with E-state index in [4.69, 9.17) is 23.2 Å². The molecule has 3 N–H and O–H groups in total. The number of carbonyl (C=O) groups excluding carboxylic acids is 1. The van der Waals surface area contributed by atoms with E-state index in [0.717, 1.165) is 5.69 Å². The summed E-state index contributed by atoms with van der Waals surface area (Å²) in [5, 5.41) is 19.5. The number of nitrogens with zero attached hydrogens (tertiary/aromatic N) is 2. The van der Waals surface area contributed by atoms with Gasteiger partial charge in [-0.05, 0) is 29.8 Å². The normalized spacial score (nSPS) is 26.8. The molecule has 1 amide bonds. The largest absolute Gasteiger partial charge is 0.348 e. The second kappa shape index (κ2) is 7.33. The Morgan fingerprint density at radius 3 is 2.68 bits per heavy atom. The van der Waals surface area contributed by atoms with Gasteiger partial charge in [0.2, 0.25) is 11.9 Å². The summed E-state index contributed by atoms with van der Waals surface area (Å²) in [5.41, 5.74) is 1.19. The SMILES string of the molecule is O=C1Nc2cc(Cl)ccc2[C@]12N[C@@H](Cc1cnc[nH]1)[C@@H]([N+](=O)[O-])[C@@H]2c1cccc(Cl)c1. The average molecular weight is 458 g/mol. The fraction of sp³-hybridized carbons (Fsp3) is 0.238. The smallest absolute Gasteiger partial charge is 0.250 e. The molecule has 0 bridgehead atoms. The Morgan fingerprint density at radius 1 is 1.16 bits per heavy atom. The lowest BCUT2D eigenvalue weighted by Crippen LogP contribution is -2.49. The fourth-order valence-electron chi connectivity index (χ4n) is 4.94. The first kappa shape index (κ1) is 20.0. The number of H-pyrrole nitrogens is 1. The third kappa shape index (κ3) is 3.10. The number of anilines is 1. The molecule has 2 aromatic carbocycles. The number of aromatic amines is 1. The zero-order chi connectivity index (χ0) is 21.8. The minimum atomic E-state index is -1.34. The standard InChI is InChI=1S/C21H17Cl2N5O3/c22-12-3-1-2-11(6-12)18-19(28(30)31)17(8-14-9-24-10-25-14)27-21(18)15-5-4-13(23)7-16(15)26-20(21)29/h1-7,9-10,17-19,27H,8H2,(H,24,25)(H,26,29)/t17-,18-,19+,21+/m0/s1. The van der Waals surface area contributed by atoms with Crippen molar-refractivity contribution in [3.63, 3.8) is 0 Å². The van der Waals surface area contributed by atoms with Gasteiger partial charge in [-0.1, -0.05) is 41.4 Å². The van der Waals surface area contributed by atoms with Crippen LogP contribution in [0.5, 0.6) is 0 Å². The minimum absolute atomic E-state index is 0.306. The predicted molar refractivity (Wildman–Crippen MR) is 116 cm³/mol. The van der Waals surface area contributed by atoms with Crippen molar-refractivity contribution in [2.24, 2.45) is 0 Å². The lowest BCUT2D eigenvalue weighted by molar-refractivity contribution is -0.526. The number of imidazole rings is 1. The van der Waals surface area contributed by atoms with Gasteiger partial charge in [-0.25, -0.2) is 4.98 Å². The van der Waals surface area contributed by atoms with Gasteiger partial charge in [0.15, 0.2) is 0 Å². The van der Waals surface area contributed by atoms with E-state index < -0.39 is 23.5 Å². The van der Waals surface area contributed by atoms with Crippen LogP contribution in [-0.2, 0) is 16.8 Å². The Bertz CT molecular complexity index is 1190. The number of rotatable bonds is 4. The van der Waals surface area contributed by atoms with Crippen molar-refractivity contribution < 1.29 is 9.72 Å². The molecular formula is C21H17Cl2N5O3. The van der Waals surface area contributed by atoms with Crippen LogP contribution in [0.1, 0.15) is 22.7 Å². The van der Waals surface area contributed by atoms with Crippen LogP contribution in [-0.4, -0.2) is 32.9 Å². The number of fused-ring (bicyclic) bond motifs is 2. The fourth-order valence-corrected chi connectivity index (χ4v) is 5.31. The Morgan fingerprint density at radius 2 is 1.97 bits per heavy atom. The first-order valence-electron chi connectivity index (χ1n) is 9.65. The monoisotopic (exact) mass is 457 g/mol. The van der Waals surface area contributed by atoms with Crippen LogP contribution >= 0.6 is 23.2 Å². The lowest BCUT2D eigenvalue weighted by Gasteiger charge is -2.29. The summed E-state index contributed by atoms with van der Waals surface area (Å²) >= 11 is 12.4. The molecule has 1 spiro atoms. The quantitative estimate of drug-likeness (QED) is 0.409. The van der Waals surface area contributed by atoms with E-state index in [1.54, 1.807) is 48.7 Å². The van der Waals surface area contributed by atoms with Crippen molar-refractivity contribution in [2.75, 3.05) is 5.32 Å². The molecule has 0 unspecified atom stereocenters. The van der Waals surface area contributed by atoms with Gasteiger partial charge in [0.25, 0.3) is 0 Å². The van der Waals surface area contributed by atoms with E-state index in [1.807, 2.05) is 0 Å². The van der Waals surface area contributed by atoms with Crippen molar-refractivity contribution >= 4 is 34.8 Å². The van der Waals surface area contributed by atoms with E-state index in [1.165, 1.54) is 6.33 Å². The van der Waals surface area contributed by atoms with E-state index in [9.17, 15) is 14.9 Å². The average Bonchev–Trinajstić information content (AvgIpc) is 3.40. The van der Waals surface area contributed by atoms with Gasteiger partial charge >= 0.3 is 0 Å². The molecule has 1 fully saturated rings. The number of nitrogens with one attached hydrogen (secondary N) is 3. The second-order valence-corrected chi connectivity index (χ2v) is 8.67. The molecular weight excluding hydrogens is 441 g/mol. The summed E-state index contributed by atoms with van der Waals surface area (Å²) in [4.78, 5) is 32.5. The van der Waals surface area contributed by atoms with Gasteiger partial charge < -0.3 is 10.3 Å². The van der Waals surface area contributed by atoms with Crippen LogP contribution in [0.2, 0.25) is 10.0 Å². The summed E-state index contributed by atoms with van der Waals surface area (Å²) in [6.45, 7) is 0. The lowest BCUT2D eigenvalue weighted by atomic mass is 9.74. The van der Waals surface area contributed by atoms with Crippen LogP contribution in [0, 0.1) is 10.1 Å². The highest BCUT2D eigenvalue weighted by molar-refractivity contribution is 6.31. The molecule has 4 atom stereocenters. The molecule has 3 heterocycles. The molecule has 8 nitrogen and oxygen atoms in total. The molecule has 0 saturated carbocycles.